The topological polar surface area (TPSA) is 56.5 Å². The molecule has 126 valence electrons. The highest BCUT2D eigenvalue weighted by Gasteiger charge is 2.16. The number of hydrogen-bond donors (Lipinski definition) is 1. The summed E-state index contributed by atoms with van der Waals surface area (Å²) in [4.78, 5) is 2.57. The second kappa shape index (κ2) is 7.23. The monoisotopic (exact) mass is 344 g/mol. The van der Waals surface area contributed by atoms with E-state index in [0.29, 0.717) is 18.3 Å². The minimum atomic E-state index is 0.525. The lowest BCUT2D eigenvalue weighted by Crippen LogP contribution is -3.06. The molecule has 0 aliphatic carbocycles. The smallest absolute Gasteiger partial charge is 0.271 e. The summed E-state index contributed by atoms with van der Waals surface area (Å²) in [6.45, 7) is 5.42. The number of benzene rings is 1. The van der Waals surface area contributed by atoms with Crippen LogP contribution in [0.3, 0.4) is 0 Å². The van der Waals surface area contributed by atoms with Gasteiger partial charge in [0.25, 0.3) is 11.8 Å². The van der Waals surface area contributed by atoms with Gasteiger partial charge in [0.05, 0.1) is 12.6 Å². The molecule has 24 heavy (non-hydrogen) atoms. The second-order valence-electron chi connectivity index (χ2n) is 5.99. The molecule has 0 radical (unpaired) electrons. The van der Waals surface area contributed by atoms with Crippen molar-refractivity contribution in [1.29, 1.82) is 0 Å². The highest BCUT2D eigenvalue weighted by molar-refractivity contribution is 7.98. The van der Waals surface area contributed by atoms with Gasteiger partial charge in [-0.05, 0) is 38.3 Å². The largest absolute Gasteiger partial charge is 0.466 e. The molecule has 0 aliphatic rings. The summed E-state index contributed by atoms with van der Waals surface area (Å²) in [5.41, 5.74) is 2.17. The van der Waals surface area contributed by atoms with Gasteiger partial charge in [-0.15, -0.1) is 22.0 Å². The third-order valence-electron chi connectivity index (χ3n) is 3.86. The van der Waals surface area contributed by atoms with Gasteiger partial charge >= 0.3 is 0 Å². The summed E-state index contributed by atoms with van der Waals surface area (Å²) >= 11 is 1.75. The first kappa shape index (κ1) is 16.8. The fourth-order valence-corrected chi connectivity index (χ4v) is 3.10. The lowest BCUT2D eigenvalue weighted by molar-refractivity contribution is -0.909. The Labute approximate surface area is 146 Å². The Bertz CT molecular complexity index is 808. The molecule has 0 saturated heterocycles. The standard InChI is InChI=1S/C18H21N3O2S/c1-12-9-16(13(2)22-12)18-20-19-17(23-18)11-21(3)10-14-5-7-15(24-4)8-6-14/h5-9H,10-11H2,1-4H3/p+1. The lowest BCUT2D eigenvalue weighted by atomic mass is 10.2. The zero-order chi connectivity index (χ0) is 17.1. The molecular formula is C18H22N3O2S+. The van der Waals surface area contributed by atoms with Crippen molar-refractivity contribution in [1.82, 2.24) is 10.2 Å². The van der Waals surface area contributed by atoms with Gasteiger partial charge < -0.3 is 13.7 Å². The van der Waals surface area contributed by atoms with Crippen molar-refractivity contribution >= 4 is 11.8 Å². The fraction of sp³-hybridized carbons (Fsp3) is 0.333. The number of furan rings is 1. The summed E-state index contributed by atoms with van der Waals surface area (Å²) in [6, 6.07) is 10.6. The van der Waals surface area contributed by atoms with Crippen LogP contribution in [0.15, 0.2) is 44.1 Å². The Hall–Kier alpha value is -2.05. The number of nitrogens with zero attached hydrogens (tertiary/aromatic N) is 2. The van der Waals surface area contributed by atoms with Crippen molar-refractivity contribution < 1.29 is 13.7 Å². The summed E-state index contributed by atoms with van der Waals surface area (Å²) < 4.78 is 11.3. The van der Waals surface area contributed by atoms with Crippen LogP contribution in [0, 0.1) is 13.8 Å². The molecule has 0 spiro atoms. The highest BCUT2D eigenvalue weighted by Crippen LogP contribution is 2.25. The third-order valence-corrected chi connectivity index (χ3v) is 4.60. The molecule has 2 aromatic heterocycles. The minimum absolute atomic E-state index is 0.525. The number of rotatable bonds is 6. The highest BCUT2D eigenvalue weighted by atomic mass is 32.2. The summed E-state index contributed by atoms with van der Waals surface area (Å²) in [5, 5.41) is 8.32. The quantitative estimate of drug-likeness (QED) is 0.697. The number of aromatic nitrogens is 2. The summed E-state index contributed by atoms with van der Waals surface area (Å²) in [5.74, 6) is 2.81. The van der Waals surface area contributed by atoms with Gasteiger partial charge in [-0.2, -0.15) is 0 Å². The molecule has 2 heterocycles. The van der Waals surface area contributed by atoms with Crippen LogP contribution in [0.4, 0.5) is 0 Å². The maximum Gasteiger partial charge on any atom is 0.271 e. The van der Waals surface area contributed by atoms with Gasteiger partial charge in [0.1, 0.15) is 18.1 Å². The van der Waals surface area contributed by atoms with Crippen molar-refractivity contribution in [3.63, 3.8) is 0 Å². The van der Waals surface area contributed by atoms with Crippen molar-refractivity contribution in [3.8, 4) is 11.5 Å². The van der Waals surface area contributed by atoms with Crippen LogP contribution < -0.4 is 4.90 Å². The van der Waals surface area contributed by atoms with Crippen LogP contribution in [-0.2, 0) is 13.1 Å². The first-order valence-corrected chi connectivity index (χ1v) is 9.11. The van der Waals surface area contributed by atoms with E-state index in [9.17, 15) is 0 Å². The maximum atomic E-state index is 5.80. The van der Waals surface area contributed by atoms with E-state index in [2.05, 4.69) is 47.8 Å². The Balaban J connectivity index is 1.64. The van der Waals surface area contributed by atoms with Crippen molar-refractivity contribution in [2.75, 3.05) is 13.3 Å². The van der Waals surface area contributed by atoms with Gasteiger partial charge in [-0.25, -0.2) is 0 Å². The molecular weight excluding hydrogens is 322 g/mol. The molecule has 5 nitrogen and oxygen atoms in total. The van der Waals surface area contributed by atoms with E-state index >= 15 is 0 Å². The predicted octanol–water partition coefficient (Wildman–Crippen LogP) is 2.88. The SMILES string of the molecule is CSc1ccc(C[NH+](C)Cc2nnc(-c3cc(C)oc3C)o2)cc1. The van der Waals surface area contributed by atoms with E-state index in [-0.39, 0.29) is 0 Å². The van der Waals surface area contributed by atoms with Crippen LogP contribution >= 0.6 is 11.8 Å². The molecule has 1 N–H and O–H groups in total. The molecule has 0 saturated carbocycles. The number of hydrogen-bond acceptors (Lipinski definition) is 5. The Morgan fingerprint density at radius 1 is 1.04 bits per heavy atom. The molecule has 3 rings (SSSR count). The number of quaternary nitrogens is 1. The average molecular weight is 344 g/mol. The van der Waals surface area contributed by atoms with Gasteiger partial charge in [-0.1, -0.05) is 12.1 Å². The van der Waals surface area contributed by atoms with E-state index in [4.69, 9.17) is 8.83 Å². The first-order valence-electron chi connectivity index (χ1n) is 7.89. The third kappa shape index (κ3) is 3.88. The van der Waals surface area contributed by atoms with Crippen LogP contribution in [0.2, 0.25) is 0 Å². The van der Waals surface area contributed by atoms with Gasteiger partial charge in [-0.3, -0.25) is 0 Å². The Kier molecular flexibility index (Phi) is 5.06. The zero-order valence-corrected chi connectivity index (χ0v) is 15.2. The maximum absolute atomic E-state index is 5.80. The zero-order valence-electron chi connectivity index (χ0n) is 14.4. The van der Waals surface area contributed by atoms with E-state index in [1.54, 1.807) is 11.8 Å². The van der Waals surface area contributed by atoms with E-state index in [1.165, 1.54) is 15.4 Å². The molecule has 6 heteroatoms. The fourth-order valence-electron chi connectivity index (χ4n) is 2.69. The van der Waals surface area contributed by atoms with Crippen LogP contribution in [0.25, 0.3) is 11.5 Å². The van der Waals surface area contributed by atoms with Crippen LogP contribution in [-0.4, -0.2) is 23.5 Å². The molecule has 1 aromatic carbocycles. The number of aryl methyl sites for hydroxylation is 2. The first-order chi connectivity index (χ1) is 11.5. The van der Waals surface area contributed by atoms with Crippen LogP contribution in [0.5, 0.6) is 0 Å². The van der Waals surface area contributed by atoms with Gasteiger partial charge in [0, 0.05) is 10.5 Å². The molecule has 1 unspecified atom stereocenters. The molecule has 0 fully saturated rings. The molecule has 0 aliphatic heterocycles. The average Bonchev–Trinajstić information content (AvgIpc) is 3.14. The van der Waals surface area contributed by atoms with Crippen molar-refractivity contribution in [3.05, 3.63) is 53.3 Å². The van der Waals surface area contributed by atoms with E-state index in [0.717, 1.165) is 23.6 Å². The van der Waals surface area contributed by atoms with Crippen LogP contribution in [0.1, 0.15) is 23.0 Å². The predicted molar refractivity (Wildman–Crippen MR) is 94.0 cm³/mol. The lowest BCUT2D eigenvalue weighted by Gasteiger charge is -2.11. The van der Waals surface area contributed by atoms with Gasteiger partial charge in [0.15, 0.2) is 6.54 Å². The normalized spacial score (nSPS) is 12.5. The van der Waals surface area contributed by atoms with E-state index < -0.39 is 0 Å². The summed E-state index contributed by atoms with van der Waals surface area (Å²) in [6.07, 6.45) is 2.09. The van der Waals surface area contributed by atoms with E-state index in [1.807, 2.05) is 19.9 Å². The molecule has 3 aromatic rings. The molecule has 0 amide bonds. The number of nitrogens with one attached hydrogen (secondary N) is 1. The van der Waals surface area contributed by atoms with Gasteiger partial charge in [0.2, 0.25) is 0 Å². The summed E-state index contributed by atoms with van der Waals surface area (Å²) in [7, 11) is 2.12. The number of thioether (sulfide) groups is 1. The minimum Gasteiger partial charge on any atom is -0.466 e. The van der Waals surface area contributed by atoms with Crippen molar-refractivity contribution in [2.24, 2.45) is 0 Å². The second-order valence-corrected chi connectivity index (χ2v) is 6.87. The van der Waals surface area contributed by atoms with Crippen molar-refractivity contribution in [2.45, 2.75) is 31.8 Å². The molecule has 0 bridgehead atoms. The Morgan fingerprint density at radius 2 is 1.79 bits per heavy atom. The molecule has 1 atom stereocenters. The Morgan fingerprint density at radius 3 is 2.42 bits per heavy atom.